The van der Waals surface area contributed by atoms with Crippen LogP contribution in [0.2, 0.25) is 0 Å². The van der Waals surface area contributed by atoms with Crippen LogP contribution >= 0.6 is 62.3 Å². The van der Waals surface area contributed by atoms with Crippen molar-refractivity contribution in [3.63, 3.8) is 0 Å². The van der Waals surface area contributed by atoms with Crippen LogP contribution in [0.25, 0.3) is 0 Å². The number of carbonyl (C=O) groups excluding carboxylic acids is 5. The summed E-state index contributed by atoms with van der Waals surface area (Å²) in [5, 5.41) is -0.00376. The molecule has 59 heavy (non-hydrogen) atoms. The molecule has 0 saturated heterocycles. The van der Waals surface area contributed by atoms with Gasteiger partial charge in [-0.25, -0.2) is 0 Å². The third-order valence-electron chi connectivity index (χ3n) is 9.54. The van der Waals surface area contributed by atoms with Crippen LogP contribution in [0.3, 0.4) is 0 Å². The van der Waals surface area contributed by atoms with Crippen molar-refractivity contribution in [2.24, 2.45) is 32.5 Å². The molecule has 0 aliphatic heterocycles. The van der Waals surface area contributed by atoms with Gasteiger partial charge in [-0.2, -0.15) is 50.5 Å². The molecule has 0 aromatic carbocycles. The van der Waals surface area contributed by atoms with E-state index < -0.39 is 102 Å². The summed E-state index contributed by atoms with van der Waals surface area (Å²) >= 11 is 19.8. The van der Waals surface area contributed by atoms with Crippen LogP contribution < -0.4 is 0 Å². The molecule has 9 nitrogen and oxygen atoms in total. The summed E-state index contributed by atoms with van der Waals surface area (Å²) in [4.78, 5) is 69.0. The number of thioether (sulfide) groups is 1. The quantitative estimate of drug-likeness (QED) is 0.0423. The van der Waals surface area contributed by atoms with Gasteiger partial charge < -0.3 is 18.9 Å². The van der Waals surface area contributed by atoms with Crippen LogP contribution in [0.1, 0.15) is 171 Å². The van der Waals surface area contributed by atoms with E-state index in [1.54, 1.807) is 55.4 Å². The fourth-order valence-electron chi connectivity index (χ4n) is 8.08. The van der Waals surface area contributed by atoms with Gasteiger partial charge in [0.1, 0.15) is 31.8 Å². The van der Waals surface area contributed by atoms with E-state index in [9.17, 15) is 24.0 Å². The van der Waals surface area contributed by atoms with Gasteiger partial charge in [0.2, 0.25) is 0 Å². The van der Waals surface area contributed by atoms with Crippen molar-refractivity contribution < 1.29 is 42.9 Å². The van der Waals surface area contributed by atoms with E-state index in [2.05, 4.69) is 50.5 Å². The molecule has 0 bridgehead atoms. The lowest BCUT2D eigenvalue weighted by atomic mass is 9.82. The van der Waals surface area contributed by atoms with E-state index in [0.717, 1.165) is 0 Å². The predicted octanol–water partition coefficient (Wildman–Crippen LogP) is 11.1. The number of carbonyl (C=O) groups is 5. The minimum absolute atomic E-state index is 0.00376. The zero-order valence-electron chi connectivity index (χ0n) is 40.2. The molecule has 346 valence electrons. The van der Waals surface area contributed by atoms with E-state index in [1.165, 1.54) is 11.8 Å². The Balaban J connectivity index is 7.02. The molecule has 0 fully saturated rings. The lowest BCUT2D eigenvalue weighted by molar-refractivity contribution is -0.182. The first-order valence-corrected chi connectivity index (χ1v) is 23.1. The summed E-state index contributed by atoms with van der Waals surface area (Å²) in [5.41, 5.74) is -6.18. The molecule has 0 saturated carbocycles. The maximum atomic E-state index is 14.1. The van der Waals surface area contributed by atoms with Crippen LogP contribution in [0.15, 0.2) is 0 Å². The summed E-state index contributed by atoms with van der Waals surface area (Å²) in [5.74, 6) is -2.23. The van der Waals surface area contributed by atoms with Gasteiger partial charge in [0.15, 0.2) is 5.12 Å². The fraction of sp³-hybridized carbons (Fsp3) is 0.889. The van der Waals surface area contributed by atoms with E-state index >= 15 is 0 Å². The third-order valence-corrected chi connectivity index (χ3v) is 11.6. The Labute approximate surface area is 385 Å². The zero-order valence-corrected chi connectivity index (χ0v) is 44.6. The topological polar surface area (TPSA) is 122 Å². The van der Waals surface area contributed by atoms with Gasteiger partial charge in [0, 0.05) is 29.2 Å². The minimum Gasteiger partial charge on any atom is -0.464 e. The molecular formula is C45H82O9S5. The van der Waals surface area contributed by atoms with Crippen molar-refractivity contribution in [1.82, 2.24) is 0 Å². The Kier molecular flexibility index (Phi) is 20.2. The van der Waals surface area contributed by atoms with Gasteiger partial charge in [0.05, 0.1) is 21.7 Å². The Bertz CT molecular complexity index is 1360. The highest BCUT2D eigenvalue weighted by molar-refractivity contribution is 8.14. The normalized spacial score (nSPS) is 14.4. The van der Waals surface area contributed by atoms with Crippen molar-refractivity contribution in [3.05, 3.63) is 0 Å². The van der Waals surface area contributed by atoms with Crippen molar-refractivity contribution >= 4 is 91.3 Å². The largest absolute Gasteiger partial charge is 0.464 e. The summed E-state index contributed by atoms with van der Waals surface area (Å²) < 4.78 is 21.6. The maximum Gasteiger partial charge on any atom is 0.311 e. The number of rotatable bonds is 24. The van der Waals surface area contributed by atoms with E-state index in [0.29, 0.717) is 25.7 Å². The van der Waals surface area contributed by atoms with Gasteiger partial charge in [-0.15, -0.1) is 0 Å². The van der Waals surface area contributed by atoms with Gasteiger partial charge in [-0.05, 0) is 87.5 Å². The highest BCUT2D eigenvalue weighted by atomic mass is 32.2. The summed E-state index contributed by atoms with van der Waals surface area (Å²) in [7, 11) is 0. The molecule has 0 atom stereocenters. The number of esters is 4. The second-order valence-electron chi connectivity index (χ2n) is 23.5. The highest BCUT2D eigenvalue weighted by Gasteiger charge is 2.46. The summed E-state index contributed by atoms with van der Waals surface area (Å²) in [6, 6.07) is 0. The van der Waals surface area contributed by atoms with Gasteiger partial charge >= 0.3 is 23.9 Å². The van der Waals surface area contributed by atoms with Gasteiger partial charge in [0.25, 0.3) is 0 Å². The Morgan fingerprint density at radius 3 is 0.780 bits per heavy atom. The molecule has 0 heterocycles. The second-order valence-corrected chi connectivity index (χ2v) is 30.0. The monoisotopic (exact) mass is 926 g/mol. The van der Waals surface area contributed by atoms with Gasteiger partial charge in [-0.1, -0.05) is 94.8 Å². The van der Waals surface area contributed by atoms with E-state index in [4.69, 9.17) is 18.9 Å². The average Bonchev–Trinajstić information content (AvgIpc) is 2.93. The molecule has 0 unspecified atom stereocenters. The molecular weight excluding hydrogens is 845 g/mol. The maximum absolute atomic E-state index is 14.1. The van der Waals surface area contributed by atoms with Crippen LogP contribution in [0.4, 0.5) is 0 Å². The van der Waals surface area contributed by atoms with Crippen molar-refractivity contribution in [2.75, 3.05) is 26.4 Å². The highest BCUT2D eigenvalue weighted by Crippen LogP contribution is 2.44. The standard InChI is InChI=1S/C45H82O9S5/c1-35(2,21-40(11,12)55)30(46)51-26-45(27-52-31(47)36(3,4)22-41(13,14)56,28-53-32(48)37(5,6)23-42(15,16)57)29-54-33(49)38(7,8)25-44(19,20)59-34(50)39(9,10)24-43(17,18)58/h55-58H,21-29H2,1-20H3. The molecule has 0 rings (SSSR count). The summed E-state index contributed by atoms with van der Waals surface area (Å²) in [6.45, 7) is 35.4. The summed E-state index contributed by atoms with van der Waals surface area (Å²) in [6.07, 6.45) is 1.97. The zero-order chi connectivity index (χ0) is 47.3. The molecule has 0 amide bonds. The first-order chi connectivity index (χ1) is 25.7. The molecule has 0 aromatic heterocycles. The number of ether oxygens (including phenoxy) is 4. The van der Waals surface area contributed by atoms with Crippen LogP contribution in [0, 0.1) is 32.5 Å². The van der Waals surface area contributed by atoms with Crippen molar-refractivity contribution in [2.45, 2.75) is 194 Å². The first kappa shape index (κ1) is 58.3. The third kappa shape index (κ3) is 22.5. The number of hydrogen-bond acceptors (Lipinski definition) is 14. The van der Waals surface area contributed by atoms with Crippen molar-refractivity contribution in [3.8, 4) is 0 Å². The Morgan fingerprint density at radius 2 is 0.559 bits per heavy atom. The lowest BCUT2D eigenvalue weighted by Crippen LogP contribution is -2.48. The van der Waals surface area contributed by atoms with E-state index in [1.807, 2.05) is 83.1 Å². The first-order valence-electron chi connectivity index (χ1n) is 20.5. The molecule has 0 spiro atoms. The average molecular weight is 927 g/mol. The molecule has 0 radical (unpaired) electrons. The lowest BCUT2D eigenvalue weighted by Gasteiger charge is -2.38. The van der Waals surface area contributed by atoms with Crippen molar-refractivity contribution in [1.29, 1.82) is 0 Å². The number of hydrogen-bond donors (Lipinski definition) is 4. The van der Waals surface area contributed by atoms with Crippen LogP contribution in [-0.2, 0) is 42.9 Å². The van der Waals surface area contributed by atoms with Gasteiger partial charge in [-0.3, -0.25) is 24.0 Å². The molecule has 0 N–H and O–H groups in total. The predicted molar refractivity (Wildman–Crippen MR) is 257 cm³/mol. The molecule has 14 heteroatoms. The minimum atomic E-state index is -1.51. The van der Waals surface area contributed by atoms with E-state index in [-0.39, 0.29) is 16.3 Å². The molecule has 0 aromatic rings. The Morgan fingerprint density at radius 1 is 0.356 bits per heavy atom. The smallest absolute Gasteiger partial charge is 0.311 e. The number of thiol groups is 4. The Hall–Kier alpha value is -0.700. The second kappa shape index (κ2) is 20.4. The SMILES string of the molecule is CC(C)(S)CC(C)(C)C(=O)OCC(COC(=O)C(C)(C)CC(C)(C)S)(COC(=O)C(C)(C)CC(C)(C)S)COC(=O)C(C)(C)CC(C)(C)SC(=O)C(C)(C)CC(C)(C)S. The van der Waals surface area contributed by atoms with Crippen LogP contribution in [-0.4, -0.2) is 79.2 Å². The van der Waals surface area contributed by atoms with Crippen LogP contribution in [0.5, 0.6) is 0 Å². The molecule has 0 aliphatic carbocycles. The fourth-order valence-corrected chi connectivity index (χ4v) is 10.9. The molecule has 0 aliphatic rings.